The van der Waals surface area contributed by atoms with Crippen molar-refractivity contribution in [2.24, 2.45) is 5.73 Å². The van der Waals surface area contributed by atoms with Crippen molar-refractivity contribution >= 4 is 5.91 Å². The number of alkyl halides is 3. The number of carbonyl (C=O) groups excluding carboxylic acids is 1. The summed E-state index contributed by atoms with van der Waals surface area (Å²) < 4.78 is 49.3. The van der Waals surface area contributed by atoms with Crippen LogP contribution >= 0.6 is 0 Å². The van der Waals surface area contributed by atoms with E-state index in [1.165, 1.54) is 0 Å². The van der Waals surface area contributed by atoms with Gasteiger partial charge in [0.05, 0.1) is 12.0 Å². The number of amides is 1. The van der Waals surface area contributed by atoms with Gasteiger partial charge >= 0.3 is 6.18 Å². The van der Waals surface area contributed by atoms with Crippen LogP contribution < -0.4 is 5.73 Å². The molecular formula is C9H6F4NO. The van der Waals surface area contributed by atoms with Gasteiger partial charge in [-0.25, -0.2) is 4.39 Å². The molecule has 1 aromatic rings. The predicted molar refractivity (Wildman–Crippen MR) is 44.0 cm³/mol. The molecule has 0 fully saturated rings. The molecule has 1 aromatic carbocycles. The summed E-state index contributed by atoms with van der Waals surface area (Å²) in [5.41, 5.74) is 3.25. The highest BCUT2D eigenvalue weighted by molar-refractivity contribution is 5.86. The average molecular weight is 220 g/mol. The van der Waals surface area contributed by atoms with Gasteiger partial charge in [0.1, 0.15) is 5.82 Å². The fourth-order valence-electron chi connectivity index (χ4n) is 1.01. The number of rotatable bonds is 2. The number of hydrogen-bond donors (Lipinski definition) is 1. The molecule has 2 nitrogen and oxygen atoms in total. The zero-order valence-corrected chi connectivity index (χ0v) is 7.31. The van der Waals surface area contributed by atoms with Crippen LogP contribution in [0.2, 0.25) is 0 Å². The van der Waals surface area contributed by atoms with Crippen LogP contribution in [0.4, 0.5) is 17.6 Å². The van der Waals surface area contributed by atoms with E-state index in [9.17, 15) is 22.4 Å². The molecule has 1 amide bonds. The quantitative estimate of drug-likeness (QED) is 0.760. The molecule has 15 heavy (non-hydrogen) atoms. The Labute approximate surface area is 82.7 Å². The molecule has 0 heterocycles. The van der Waals surface area contributed by atoms with Crippen LogP contribution in [-0.2, 0) is 11.0 Å². The van der Waals surface area contributed by atoms with Crippen molar-refractivity contribution in [2.75, 3.05) is 0 Å². The summed E-state index contributed by atoms with van der Waals surface area (Å²) in [5, 5.41) is 0. The molecule has 1 radical (unpaired) electrons. The smallest absolute Gasteiger partial charge is 0.369 e. The minimum absolute atomic E-state index is 0.0868. The molecule has 0 spiro atoms. The molecule has 0 bridgehead atoms. The number of hydrogen-bond acceptors (Lipinski definition) is 1. The lowest BCUT2D eigenvalue weighted by molar-refractivity contribution is -0.140. The Morgan fingerprint density at radius 3 is 2.40 bits per heavy atom. The zero-order valence-electron chi connectivity index (χ0n) is 7.31. The lowest BCUT2D eigenvalue weighted by Gasteiger charge is -2.08. The van der Waals surface area contributed by atoms with Crippen molar-refractivity contribution in [3.8, 4) is 0 Å². The van der Waals surface area contributed by atoms with Gasteiger partial charge in [0.2, 0.25) is 5.91 Å². The monoisotopic (exact) mass is 220 g/mol. The van der Waals surface area contributed by atoms with E-state index in [2.05, 4.69) is 0 Å². The van der Waals surface area contributed by atoms with E-state index in [4.69, 9.17) is 5.73 Å². The second-order valence-electron chi connectivity index (χ2n) is 2.78. The third kappa shape index (κ3) is 2.93. The maximum atomic E-state index is 12.8. The Balaban J connectivity index is 3.11. The van der Waals surface area contributed by atoms with E-state index in [0.29, 0.717) is 12.1 Å². The number of benzene rings is 1. The van der Waals surface area contributed by atoms with Gasteiger partial charge in [0, 0.05) is 0 Å². The van der Waals surface area contributed by atoms with Crippen LogP contribution in [-0.4, -0.2) is 5.91 Å². The van der Waals surface area contributed by atoms with E-state index < -0.39 is 23.5 Å². The molecule has 0 atom stereocenters. The molecular weight excluding hydrogens is 214 g/mol. The molecule has 0 aliphatic heterocycles. The summed E-state index contributed by atoms with van der Waals surface area (Å²) in [5.74, 6) is -2.28. The summed E-state index contributed by atoms with van der Waals surface area (Å²) >= 11 is 0. The van der Waals surface area contributed by atoms with Crippen LogP contribution in [0.5, 0.6) is 0 Å². The summed E-state index contributed by atoms with van der Waals surface area (Å²) in [4.78, 5) is 10.4. The van der Waals surface area contributed by atoms with Crippen LogP contribution in [0, 0.1) is 12.2 Å². The molecule has 0 unspecified atom stereocenters. The number of nitrogens with two attached hydrogens (primary N) is 1. The lowest BCUT2D eigenvalue weighted by atomic mass is 10.1. The van der Waals surface area contributed by atoms with E-state index >= 15 is 0 Å². The first-order chi connectivity index (χ1) is 6.80. The standard InChI is InChI=1S/C9H6F4NO/c10-7-2-1-5(4-8(14)15)3-6(7)9(11,12)13/h1-4H,(H2,14,15). The summed E-state index contributed by atoms with van der Waals surface area (Å²) in [6.45, 7) is 0. The fraction of sp³-hybridized carbons (Fsp3) is 0.111. The normalized spacial score (nSPS) is 11.5. The van der Waals surface area contributed by atoms with Crippen molar-refractivity contribution in [1.82, 2.24) is 0 Å². The van der Waals surface area contributed by atoms with Gasteiger partial charge < -0.3 is 5.73 Å². The topological polar surface area (TPSA) is 43.1 Å². The minimum Gasteiger partial charge on any atom is -0.369 e. The Morgan fingerprint density at radius 1 is 1.33 bits per heavy atom. The molecule has 81 valence electrons. The largest absolute Gasteiger partial charge is 0.419 e. The van der Waals surface area contributed by atoms with E-state index in [1.54, 1.807) is 0 Å². The van der Waals surface area contributed by atoms with E-state index in [-0.39, 0.29) is 5.56 Å². The Bertz CT molecular complexity index is 386. The average Bonchev–Trinajstić information content (AvgIpc) is 2.05. The molecule has 0 aliphatic rings. The molecule has 1 rings (SSSR count). The summed E-state index contributed by atoms with van der Waals surface area (Å²) in [7, 11) is 0. The highest BCUT2D eigenvalue weighted by Gasteiger charge is 2.34. The summed E-state index contributed by atoms with van der Waals surface area (Å²) in [6.07, 6.45) is -4.00. The highest BCUT2D eigenvalue weighted by atomic mass is 19.4. The van der Waals surface area contributed by atoms with E-state index in [0.717, 1.165) is 12.5 Å². The van der Waals surface area contributed by atoms with Gasteiger partial charge in [-0.05, 0) is 17.7 Å². The molecule has 2 N–H and O–H groups in total. The number of carbonyl (C=O) groups is 1. The van der Waals surface area contributed by atoms with E-state index in [1.807, 2.05) is 0 Å². The second-order valence-corrected chi connectivity index (χ2v) is 2.78. The van der Waals surface area contributed by atoms with Crippen molar-refractivity contribution in [3.63, 3.8) is 0 Å². The number of primary amides is 1. The molecule has 0 saturated carbocycles. The highest BCUT2D eigenvalue weighted by Crippen LogP contribution is 2.32. The van der Waals surface area contributed by atoms with Crippen LogP contribution in [0.25, 0.3) is 0 Å². The Hall–Kier alpha value is -1.59. The van der Waals surface area contributed by atoms with Gasteiger partial charge in [-0.1, -0.05) is 6.07 Å². The van der Waals surface area contributed by atoms with Crippen LogP contribution in [0.1, 0.15) is 11.1 Å². The molecule has 6 heteroatoms. The SMILES string of the molecule is NC(=O)[CH]c1ccc(F)c(C(F)(F)F)c1. The first-order valence-corrected chi connectivity index (χ1v) is 3.81. The second kappa shape index (κ2) is 3.88. The van der Waals surface area contributed by atoms with Gasteiger partial charge in [0.15, 0.2) is 0 Å². The lowest BCUT2D eigenvalue weighted by Crippen LogP contribution is -2.13. The van der Waals surface area contributed by atoms with Gasteiger partial charge in [0.25, 0.3) is 0 Å². The molecule has 0 aliphatic carbocycles. The van der Waals surface area contributed by atoms with Crippen molar-refractivity contribution in [2.45, 2.75) is 6.18 Å². The maximum Gasteiger partial charge on any atom is 0.419 e. The first kappa shape index (κ1) is 11.5. The molecule has 0 aromatic heterocycles. The maximum absolute atomic E-state index is 12.8. The molecule has 0 saturated heterocycles. The van der Waals surface area contributed by atoms with Gasteiger partial charge in [-0.15, -0.1) is 0 Å². The van der Waals surface area contributed by atoms with Crippen molar-refractivity contribution in [1.29, 1.82) is 0 Å². The van der Waals surface area contributed by atoms with Gasteiger partial charge in [-0.2, -0.15) is 13.2 Å². The third-order valence-corrected chi connectivity index (χ3v) is 1.60. The first-order valence-electron chi connectivity index (χ1n) is 3.81. The zero-order chi connectivity index (χ0) is 11.6. The van der Waals surface area contributed by atoms with Gasteiger partial charge in [-0.3, -0.25) is 4.79 Å². The Morgan fingerprint density at radius 2 is 1.93 bits per heavy atom. The minimum atomic E-state index is -4.79. The van der Waals surface area contributed by atoms with Crippen molar-refractivity contribution < 1.29 is 22.4 Å². The predicted octanol–water partition coefficient (Wildman–Crippen LogP) is 1.88. The summed E-state index contributed by atoms with van der Waals surface area (Å²) in [6, 6.07) is 2.20. The van der Waals surface area contributed by atoms with Crippen LogP contribution in [0.15, 0.2) is 18.2 Å². The fourth-order valence-corrected chi connectivity index (χ4v) is 1.01. The van der Waals surface area contributed by atoms with Crippen molar-refractivity contribution in [3.05, 3.63) is 41.6 Å². The Kier molecular flexibility index (Phi) is 2.97. The van der Waals surface area contributed by atoms with Crippen LogP contribution in [0.3, 0.4) is 0 Å². The third-order valence-electron chi connectivity index (χ3n) is 1.60. The number of halogens is 4.